The van der Waals surface area contributed by atoms with E-state index in [4.69, 9.17) is 10.00 Å². The minimum atomic E-state index is -0.242. The molecule has 0 radical (unpaired) electrons. The third kappa shape index (κ3) is 5.31. The minimum absolute atomic E-state index is 0.0721. The van der Waals surface area contributed by atoms with Crippen LogP contribution in [0.5, 0.6) is 5.75 Å². The highest BCUT2D eigenvalue weighted by atomic mass is 19.1. The van der Waals surface area contributed by atoms with Gasteiger partial charge in [0.2, 0.25) is 0 Å². The highest BCUT2D eigenvalue weighted by molar-refractivity contribution is 5.71. The number of H-pyrrole nitrogens is 1. The number of nitriles is 1. The lowest BCUT2D eigenvalue weighted by Gasteiger charge is -2.15. The number of ether oxygens (including phenoxy) is 1. The van der Waals surface area contributed by atoms with E-state index in [2.05, 4.69) is 30.8 Å². The molecule has 166 valence electrons. The smallest absolute Gasteiger partial charge is 0.158 e. The zero-order valence-electron chi connectivity index (χ0n) is 18.1. The Morgan fingerprint density at radius 1 is 1.09 bits per heavy atom. The van der Waals surface area contributed by atoms with Crippen molar-refractivity contribution >= 4 is 11.6 Å². The molecular weight excluding hydrogens is 421 g/mol. The molecule has 1 unspecified atom stereocenters. The van der Waals surface area contributed by atoms with Gasteiger partial charge in [0.15, 0.2) is 11.5 Å². The van der Waals surface area contributed by atoms with Crippen LogP contribution in [0.1, 0.15) is 29.8 Å². The van der Waals surface area contributed by atoms with Crippen LogP contribution in [0.2, 0.25) is 0 Å². The van der Waals surface area contributed by atoms with E-state index in [-0.39, 0.29) is 17.6 Å². The summed E-state index contributed by atoms with van der Waals surface area (Å²) in [6, 6.07) is 16.3. The Labute approximate surface area is 190 Å². The van der Waals surface area contributed by atoms with Gasteiger partial charge in [-0.15, -0.1) is 0 Å². The number of aromatic amines is 1. The predicted octanol–water partition coefficient (Wildman–Crippen LogP) is 4.48. The van der Waals surface area contributed by atoms with Gasteiger partial charge < -0.3 is 15.4 Å². The number of hydrogen-bond acceptors (Lipinski definition) is 7. The molecule has 0 saturated heterocycles. The van der Waals surface area contributed by atoms with E-state index in [1.54, 1.807) is 19.2 Å². The second kappa shape index (κ2) is 9.89. The van der Waals surface area contributed by atoms with Gasteiger partial charge >= 0.3 is 0 Å². The normalized spacial score (nSPS) is 11.6. The summed E-state index contributed by atoms with van der Waals surface area (Å²) in [5.74, 6) is 1.51. The molecule has 0 aliphatic rings. The van der Waals surface area contributed by atoms with Crippen LogP contribution in [0.4, 0.5) is 16.0 Å². The number of hydrogen-bond donors (Lipinski definition) is 3. The third-order valence-corrected chi connectivity index (χ3v) is 5.14. The zero-order valence-corrected chi connectivity index (χ0v) is 18.1. The molecule has 0 bridgehead atoms. The van der Waals surface area contributed by atoms with Crippen molar-refractivity contribution in [1.82, 2.24) is 25.5 Å². The van der Waals surface area contributed by atoms with Crippen LogP contribution in [0, 0.1) is 17.1 Å². The summed E-state index contributed by atoms with van der Waals surface area (Å²) < 4.78 is 18.7. The summed E-state index contributed by atoms with van der Waals surface area (Å²) in [6.45, 7) is 2.67. The van der Waals surface area contributed by atoms with Crippen molar-refractivity contribution in [2.45, 2.75) is 19.5 Å². The summed E-state index contributed by atoms with van der Waals surface area (Å²) >= 11 is 0. The monoisotopic (exact) mass is 443 g/mol. The number of rotatable bonds is 8. The molecule has 0 aliphatic heterocycles. The lowest BCUT2D eigenvalue weighted by atomic mass is 10.1. The Morgan fingerprint density at radius 3 is 2.61 bits per heavy atom. The fourth-order valence-corrected chi connectivity index (χ4v) is 3.31. The van der Waals surface area contributed by atoms with Gasteiger partial charge in [0.25, 0.3) is 0 Å². The van der Waals surface area contributed by atoms with Crippen molar-refractivity contribution in [3.8, 4) is 23.1 Å². The van der Waals surface area contributed by atoms with Gasteiger partial charge in [0.1, 0.15) is 23.5 Å². The van der Waals surface area contributed by atoms with E-state index in [0.29, 0.717) is 23.9 Å². The van der Waals surface area contributed by atoms with Gasteiger partial charge in [-0.05, 0) is 42.3 Å². The van der Waals surface area contributed by atoms with Crippen LogP contribution in [-0.4, -0.2) is 27.3 Å². The van der Waals surface area contributed by atoms with Crippen LogP contribution in [0.15, 0.2) is 60.9 Å². The van der Waals surface area contributed by atoms with Crippen molar-refractivity contribution in [2.24, 2.45) is 0 Å². The number of nitrogens with zero attached hydrogens (tertiary/aromatic N) is 4. The molecule has 0 aliphatic carbocycles. The molecule has 0 saturated carbocycles. The topological polar surface area (TPSA) is 112 Å². The van der Waals surface area contributed by atoms with E-state index < -0.39 is 0 Å². The second-order valence-corrected chi connectivity index (χ2v) is 7.38. The fourth-order valence-electron chi connectivity index (χ4n) is 3.31. The lowest BCUT2D eigenvalue weighted by molar-refractivity contribution is 0.415. The number of nitrogens with one attached hydrogen (secondary N) is 3. The number of benzene rings is 2. The van der Waals surface area contributed by atoms with E-state index in [9.17, 15) is 4.39 Å². The summed E-state index contributed by atoms with van der Waals surface area (Å²) in [5, 5.41) is 22.6. The summed E-state index contributed by atoms with van der Waals surface area (Å²) in [6.07, 6.45) is 2.87. The number of methoxy groups -OCH3 is 1. The van der Waals surface area contributed by atoms with Crippen LogP contribution < -0.4 is 15.4 Å². The number of aromatic nitrogens is 4. The van der Waals surface area contributed by atoms with Crippen LogP contribution >= 0.6 is 0 Å². The fraction of sp³-hybridized carbons (Fsp3) is 0.167. The second-order valence-electron chi connectivity index (χ2n) is 7.38. The molecular formula is C24H22FN7O. The SMILES string of the molecule is COc1cc(CNC(C)c2ccc(F)cc2)ccc1-c1cc(Nc2cnc(C#N)cn2)n[nH]1. The molecule has 1 atom stereocenters. The largest absolute Gasteiger partial charge is 0.496 e. The molecule has 33 heavy (non-hydrogen) atoms. The molecule has 2 heterocycles. The van der Waals surface area contributed by atoms with Crippen molar-refractivity contribution in [2.75, 3.05) is 12.4 Å². The Balaban J connectivity index is 1.44. The van der Waals surface area contributed by atoms with Gasteiger partial charge in [0.05, 0.1) is 25.2 Å². The molecule has 4 rings (SSSR count). The first kappa shape index (κ1) is 21.9. The molecule has 0 amide bonds. The van der Waals surface area contributed by atoms with Crippen molar-refractivity contribution in [3.63, 3.8) is 0 Å². The molecule has 8 nitrogen and oxygen atoms in total. The molecule has 4 aromatic rings. The first-order valence-corrected chi connectivity index (χ1v) is 10.3. The molecule has 0 fully saturated rings. The molecule has 9 heteroatoms. The van der Waals surface area contributed by atoms with E-state index >= 15 is 0 Å². The average molecular weight is 443 g/mol. The highest BCUT2D eigenvalue weighted by Gasteiger charge is 2.12. The van der Waals surface area contributed by atoms with Crippen molar-refractivity contribution in [1.29, 1.82) is 5.26 Å². The maximum Gasteiger partial charge on any atom is 0.158 e. The van der Waals surface area contributed by atoms with Gasteiger partial charge in [-0.25, -0.2) is 14.4 Å². The molecule has 3 N–H and O–H groups in total. The van der Waals surface area contributed by atoms with Gasteiger partial charge in [0, 0.05) is 24.2 Å². The third-order valence-electron chi connectivity index (χ3n) is 5.14. The molecule has 2 aromatic carbocycles. The molecule has 0 spiro atoms. The quantitative estimate of drug-likeness (QED) is 0.368. The Morgan fingerprint density at radius 2 is 1.91 bits per heavy atom. The van der Waals surface area contributed by atoms with E-state index in [1.165, 1.54) is 24.5 Å². The van der Waals surface area contributed by atoms with Crippen molar-refractivity contribution in [3.05, 3.63) is 83.6 Å². The van der Waals surface area contributed by atoms with Gasteiger partial charge in [-0.1, -0.05) is 18.2 Å². The van der Waals surface area contributed by atoms with Crippen molar-refractivity contribution < 1.29 is 9.13 Å². The number of halogens is 1. The standard InChI is InChI=1S/C24H22FN7O/c1-15(17-4-6-18(25)7-5-17)27-12-16-3-8-20(22(9-16)33-2)21-10-23(32-31-21)30-24-14-28-19(11-26)13-29-24/h3-10,13-15,27H,12H2,1-2H3,(H2,29,30,31,32). The van der Waals surface area contributed by atoms with E-state index in [1.807, 2.05) is 37.3 Å². The maximum absolute atomic E-state index is 13.1. The summed E-state index contributed by atoms with van der Waals surface area (Å²) in [5.41, 5.74) is 3.95. The van der Waals surface area contributed by atoms with Gasteiger partial charge in [-0.3, -0.25) is 5.10 Å². The lowest BCUT2D eigenvalue weighted by Crippen LogP contribution is -2.18. The predicted molar refractivity (Wildman–Crippen MR) is 122 cm³/mol. The van der Waals surface area contributed by atoms with Crippen LogP contribution in [0.25, 0.3) is 11.3 Å². The Kier molecular flexibility index (Phi) is 6.57. The maximum atomic E-state index is 13.1. The first-order chi connectivity index (χ1) is 16.1. The average Bonchev–Trinajstić information content (AvgIpc) is 3.31. The zero-order chi connectivity index (χ0) is 23.2. The van der Waals surface area contributed by atoms with Gasteiger partial charge in [-0.2, -0.15) is 10.4 Å². The molecule has 2 aromatic heterocycles. The van der Waals surface area contributed by atoms with Crippen LogP contribution in [0.3, 0.4) is 0 Å². The minimum Gasteiger partial charge on any atom is -0.496 e. The summed E-state index contributed by atoms with van der Waals surface area (Å²) in [7, 11) is 1.62. The summed E-state index contributed by atoms with van der Waals surface area (Å²) in [4.78, 5) is 8.11. The highest BCUT2D eigenvalue weighted by Crippen LogP contribution is 2.31. The number of anilines is 2. The van der Waals surface area contributed by atoms with Crippen LogP contribution in [-0.2, 0) is 6.54 Å². The van der Waals surface area contributed by atoms with E-state index in [0.717, 1.165) is 22.4 Å². The first-order valence-electron chi connectivity index (χ1n) is 10.3. The Bertz CT molecular complexity index is 1260. The Hall–Kier alpha value is -4.29.